The van der Waals surface area contributed by atoms with Gasteiger partial charge in [0, 0.05) is 6.42 Å². The number of nitrogens with one attached hydrogen (secondary N) is 1. The van der Waals surface area contributed by atoms with Gasteiger partial charge in [-0.2, -0.15) is 0 Å². The van der Waals surface area contributed by atoms with E-state index in [1.54, 1.807) is 6.08 Å². The van der Waals surface area contributed by atoms with E-state index in [4.69, 9.17) is 4.74 Å². The quantitative estimate of drug-likeness (QED) is 0.339. The van der Waals surface area contributed by atoms with Crippen molar-refractivity contribution in [3.8, 4) is 16.9 Å². The highest BCUT2D eigenvalue weighted by Crippen LogP contribution is 2.25. The Morgan fingerprint density at radius 1 is 0.857 bits per heavy atom. The minimum absolute atomic E-state index is 0.0728. The zero-order valence-electron chi connectivity index (χ0n) is 19.2. The Morgan fingerprint density at radius 3 is 2.17 bits per heavy atom. The van der Waals surface area contributed by atoms with E-state index in [0.717, 1.165) is 22.3 Å². The molecule has 0 aliphatic heterocycles. The number of amides is 1. The van der Waals surface area contributed by atoms with Crippen molar-refractivity contribution in [2.75, 3.05) is 6.54 Å². The third-order valence-corrected chi connectivity index (χ3v) is 5.34. The van der Waals surface area contributed by atoms with Crippen molar-refractivity contribution in [1.82, 2.24) is 15.3 Å². The fraction of sp³-hybridized carbons (Fsp3) is 0.103. The van der Waals surface area contributed by atoms with Crippen molar-refractivity contribution in [2.45, 2.75) is 13.0 Å². The minimum Gasteiger partial charge on any atom is -0.484 e. The van der Waals surface area contributed by atoms with E-state index in [0.29, 0.717) is 24.2 Å². The molecule has 1 N–H and O–H groups in total. The molecule has 0 bridgehead atoms. The Kier molecular flexibility index (Phi) is 7.76. The maximum Gasteiger partial charge on any atom is 0.274 e. The van der Waals surface area contributed by atoms with Crippen molar-refractivity contribution in [3.05, 3.63) is 120 Å². The van der Waals surface area contributed by atoms with Crippen LogP contribution < -0.4 is 10.1 Å². The summed E-state index contributed by atoms with van der Waals surface area (Å²) in [7, 11) is 0. The normalized spacial score (nSPS) is 10.4. The van der Waals surface area contributed by atoms with Gasteiger partial charge in [0.15, 0.2) is 11.4 Å². The van der Waals surface area contributed by atoms with Crippen molar-refractivity contribution in [2.24, 2.45) is 0 Å². The number of ether oxygens (including phenoxy) is 1. The zero-order valence-corrected chi connectivity index (χ0v) is 19.2. The van der Waals surface area contributed by atoms with Crippen LogP contribution in [0.3, 0.4) is 0 Å². The summed E-state index contributed by atoms with van der Waals surface area (Å²) in [5.41, 5.74) is 4.67. The molecule has 0 spiro atoms. The largest absolute Gasteiger partial charge is 0.484 e. The lowest BCUT2D eigenvalue weighted by molar-refractivity contribution is -0.107. The number of nitrogens with zero attached hydrogens (tertiary/aromatic N) is 2. The van der Waals surface area contributed by atoms with Crippen molar-refractivity contribution >= 4 is 18.3 Å². The Balaban J connectivity index is 1.62. The molecule has 0 fully saturated rings. The molecule has 0 aliphatic rings. The first-order chi connectivity index (χ1) is 17.2. The summed E-state index contributed by atoms with van der Waals surface area (Å²) in [5, 5.41) is 2.54. The lowest BCUT2D eigenvalue weighted by Crippen LogP contribution is -2.27. The van der Waals surface area contributed by atoms with Crippen LogP contribution in [0.4, 0.5) is 0 Å². The number of aldehydes is 1. The minimum atomic E-state index is -0.508. The summed E-state index contributed by atoms with van der Waals surface area (Å²) in [4.78, 5) is 32.7. The van der Waals surface area contributed by atoms with Gasteiger partial charge >= 0.3 is 0 Å². The number of hydrogen-bond donors (Lipinski definition) is 1. The number of carbonyl (C=O) groups excluding carboxylic acids is 2. The van der Waals surface area contributed by atoms with Gasteiger partial charge in [-0.15, -0.1) is 0 Å². The molecule has 4 rings (SSSR count). The van der Waals surface area contributed by atoms with Gasteiger partial charge in [-0.05, 0) is 28.3 Å². The molecule has 35 heavy (non-hydrogen) atoms. The van der Waals surface area contributed by atoms with Crippen LogP contribution in [0.15, 0.2) is 91.5 Å². The van der Waals surface area contributed by atoms with Crippen LogP contribution in [-0.2, 0) is 17.8 Å². The fourth-order valence-corrected chi connectivity index (χ4v) is 3.61. The molecule has 0 saturated heterocycles. The Hall–Kier alpha value is -4.58. The maximum absolute atomic E-state index is 12.8. The molecule has 0 radical (unpaired) electrons. The number of carbonyl (C=O) groups is 2. The van der Waals surface area contributed by atoms with Gasteiger partial charge < -0.3 is 14.8 Å². The van der Waals surface area contributed by atoms with Crippen LogP contribution in [0.25, 0.3) is 17.2 Å². The SMILES string of the molecule is C=Cc1nc(Cc2ccc(-c3ccccc3)cc2)nc(C(=O)NCC=O)c1OCc1ccccc1. The predicted octanol–water partition coefficient (Wildman–Crippen LogP) is 4.89. The van der Waals surface area contributed by atoms with Crippen LogP contribution in [0, 0.1) is 0 Å². The highest BCUT2D eigenvalue weighted by atomic mass is 16.5. The average molecular weight is 464 g/mol. The first kappa shape index (κ1) is 23.6. The lowest BCUT2D eigenvalue weighted by atomic mass is 10.0. The van der Waals surface area contributed by atoms with Crippen molar-refractivity contribution in [3.63, 3.8) is 0 Å². The van der Waals surface area contributed by atoms with E-state index in [1.807, 2.05) is 72.8 Å². The second-order valence-corrected chi connectivity index (χ2v) is 7.80. The molecule has 0 aliphatic carbocycles. The van der Waals surface area contributed by atoms with E-state index in [2.05, 4.69) is 34.0 Å². The van der Waals surface area contributed by atoms with Crippen LogP contribution >= 0.6 is 0 Å². The Morgan fingerprint density at radius 2 is 1.51 bits per heavy atom. The smallest absolute Gasteiger partial charge is 0.274 e. The number of benzene rings is 3. The molecule has 6 heteroatoms. The van der Waals surface area contributed by atoms with Gasteiger partial charge in [-0.25, -0.2) is 9.97 Å². The first-order valence-corrected chi connectivity index (χ1v) is 11.2. The first-order valence-electron chi connectivity index (χ1n) is 11.2. The molecule has 1 heterocycles. The van der Waals surface area contributed by atoms with E-state index in [-0.39, 0.29) is 24.6 Å². The summed E-state index contributed by atoms with van der Waals surface area (Å²) in [6.45, 7) is 3.96. The molecule has 0 unspecified atom stereocenters. The molecular formula is C29H25N3O3. The molecule has 4 aromatic rings. The third kappa shape index (κ3) is 6.06. The lowest BCUT2D eigenvalue weighted by Gasteiger charge is -2.15. The molecule has 1 aromatic heterocycles. The molecule has 6 nitrogen and oxygen atoms in total. The predicted molar refractivity (Wildman–Crippen MR) is 136 cm³/mol. The second-order valence-electron chi connectivity index (χ2n) is 7.80. The van der Waals surface area contributed by atoms with E-state index in [9.17, 15) is 9.59 Å². The molecule has 3 aromatic carbocycles. The Labute approximate surface area is 204 Å². The van der Waals surface area contributed by atoms with Crippen molar-refractivity contribution in [1.29, 1.82) is 0 Å². The molecule has 0 atom stereocenters. The summed E-state index contributed by atoms with van der Waals surface area (Å²) < 4.78 is 5.97. The monoisotopic (exact) mass is 463 g/mol. The van der Waals surface area contributed by atoms with Gasteiger partial charge in [0.25, 0.3) is 5.91 Å². The van der Waals surface area contributed by atoms with E-state index < -0.39 is 5.91 Å². The zero-order chi connectivity index (χ0) is 24.5. The van der Waals surface area contributed by atoms with Gasteiger partial charge in [-0.1, -0.05) is 91.5 Å². The second kappa shape index (κ2) is 11.5. The highest BCUT2D eigenvalue weighted by Gasteiger charge is 2.21. The maximum atomic E-state index is 12.8. The summed E-state index contributed by atoms with van der Waals surface area (Å²) in [6.07, 6.45) is 2.58. The standard InChI is InChI=1S/C29H25N3O3/c1-2-25-28(35-20-22-9-5-3-6-10-22)27(29(34)30-17-18-33)32-26(31-25)19-21-13-15-24(16-14-21)23-11-7-4-8-12-23/h2-16,18H,1,17,19-20H2,(H,30,34). The average Bonchev–Trinajstić information content (AvgIpc) is 2.92. The van der Waals surface area contributed by atoms with Crippen LogP contribution in [0.5, 0.6) is 5.75 Å². The van der Waals surface area contributed by atoms with Gasteiger partial charge in [0.2, 0.25) is 0 Å². The molecule has 1 amide bonds. The van der Waals surface area contributed by atoms with Gasteiger partial charge in [0.1, 0.15) is 24.4 Å². The summed E-state index contributed by atoms with van der Waals surface area (Å²) in [6, 6.07) is 27.9. The van der Waals surface area contributed by atoms with E-state index in [1.165, 1.54) is 0 Å². The molecule has 174 valence electrons. The topological polar surface area (TPSA) is 81.2 Å². The third-order valence-electron chi connectivity index (χ3n) is 5.34. The number of aromatic nitrogens is 2. The number of rotatable bonds is 10. The Bertz CT molecular complexity index is 1300. The van der Waals surface area contributed by atoms with Crippen LogP contribution in [-0.4, -0.2) is 28.7 Å². The summed E-state index contributed by atoms with van der Waals surface area (Å²) in [5.74, 6) is 0.178. The highest BCUT2D eigenvalue weighted by molar-refractivity contribution is 5.96. The fourth-order valence-electron chi connectivity index (χ4n) is 3.61. The van der Waals surface area contributed by atoms with Crippen LogP contribution in [0.2, 0.25) is 0 Å². The number of hydrogen-bond acceptors (Lipinski definition) is 5. The molecular weight excluding hydrogens is 438 g/mol. The molecule has 0 saturated carbocycles. The van der Waals surface area contributed by atoms with Gasteiger partial charge in [0.05, 0.1) is 6.54 Å². The van der Waals surface area contributed by atoms with E-state index >= 15 is 0 Å². The van der Waals surface area contributed by atoms with Crippen molar-refractivity contribution < 1.29 is 14.3 Å². The van der Waals surface area contributed by atoms with Crippen LogP contribution in [0.1, 0.15) is 33.1 Å². The van der Waals surface area contributed by atoms with Gasteiger partial charge in [-0.3, -0.25) is 4.79 Å². The summed E-state index contributed by atoms with van der Waals surface area (Å²) >= 11 is 0.